The second-order valence-corrected chi connectivity index (χ2v) is 4.83. The first kappa shape index (κ1) is 14.0. The zero-order valence-corrected chi connectivity index (χ0v) is 12.1. The molecule has 2 rings (SSSR count). The van der Waals surface area contributed by atoms with E-state index in [4.69, 9.17) is 11.6 Å². The Bertz CT molecular complexity index is 522. The molecular weight excluding hydrogens is 260 g/mol. The van der Waals surface area contributed by atoms with E-state index in [2.05, 4.69) is 28.4 Å². The highest BCUT2D eigenvalue weighted by Crippen LogP contribution is 2.19. The highest BCUT2D eigenvalue weighted by atomic mass is 35.5. The number of halogens is 1. The van der Waals surface area contributed by atoms with Crippen LogP contribution in [0.3, 0.4) is 0 Å². The van der Waals surface area contributed by atoms with Crippen molar-refractivity contribution >= 4 is 11.6 Å². The van der Waals surface area contributed by atoms with Crippen molar-refractivity contribution in [2.24, 2.45) is 0 Å². The van der Waals surface area contributed by atoms with Gasteiger partial charge in [0.25, 0.3) is 0 Å². The Morgan fingerprint density at radius 1 is 1.42 bits per heavy atom. The van der Waals surface area contributed by atoms with Crippen LogP contribution in [-0.2, 0) is 19.5 Å². The minimum absolute atomic E-state index is 0.744. The number of aromatic nitrogens is 3. The van der Waals surface area contributed by atoms with E-state index >= 15 is 0 Å². The van der Waals surface area contributed by atoms with Crippen molar-refractivity contribution in [3.05, 3.63) is 46.5 Å². The van der Waals surface area contributed by atoms with Gasteiger partial charge in [-0.25, -0.2) is 0 Å². The van der Waals surface area contributed by atoms with Gasteiger partial charge in [0.05, 0.1) is 16.4 Å². The standard InChI is InChI=1S/C14H19ClN4/c1-3-19-13(14(15)11(2)18-19)10-17-8-6-12-5-4-7-16-9-12/h4-5,7,9,17H,3,6,8,10H2,1-2H3. The Balaban J connectivity index is 1.86. The van der Waals surface area contributed by atoms with Crippen molar-refractivity contribution < 1.29 is 0 Å². The molecule has 0 fully saturated rings. The van der Waals surface area contributed by atoms with E-state index in [1.165, 1.54) is 5.56 Å². The van der Waals surface area contributed by atoms with Crippen molar-refractivity contribution in [1.29, 1.82) is 0 Å². The quantitative estimate of drug-likeness (QED) is 0.826. The maximum absolute atomic E-state index is 6.26. The van der Waals surface area contributed by atoms with Gasteiger partial charge in [-0.1, -0.05) is 17.7 Å². The normalized spacial score (nSPS) is 10.9. The summed E-state index contributed by atoms with van der Waals surface area (Å²) in [5, 5.41) is 8.58. The summed E-state index contributed by atoms with van der Waals surface area (Å²) in [5.41, 5.74) is 3.20. The molecule has 0 bridgehead atoms. The topological polar surface area (TPSA) is 42.7 Å². The Hall–Kier alpha value is -1.39. The van der Waals surface area contributed by atoms with Crippen molar-refractivity contribution in [3.63, 3.8) is 0 Å². The van der Waals surface area contributed by atoms with Crippen LogP contribution in [0.2, 0.25) is 5.02 Å². The molecule has 0 amide bonds. The average Bonchev–Trinajstić information content (AvgIpc) is 2.72. The third kappa shape index (κ3) is 3.55. The largest absolute Gasteiger partial charge is 0.311 e. The molecule has 0 atom stereocenters. The molecule has 0 aromatic carbocycles. The van der Waals surface area contributed by atoms with Crippen molar-refractivity contribution in [2.45, 2.75) is 33.4 Å². The predicted octanol–water partition coefficient (Wildman–Crippen LogP) is 2.59. The number of rotatable bonds is 6. The van der Waals surface area contributed by atoms with Crippen LogP contribution < -0.4 is 5.32 Å². The van der Waals surface area contributed by atoms with Crippen LogP contribution in [-0.4, -0.2) is 21.3 Å². The van der Waals surface area contributed by atoms with E-state index in [0.717, 1.165) is 42.5 Å². The summed E-state index contributed by atoms with van der Waals surface area (Å²) in [4.78, 5) is 4.10. The summed E-state index contributed by atoms with van der Waals surface area (Å²) in [5.74, 6) is 0. The third-order valence-corrected chi connectivity index (χ3v) is 3.55. The van der Waals surface area contributed by atoms with Gasteiger partial charge in [0.2, 0.25) is 0 Å². The van der Waals surface area contributed by atoms with Gasteiger partial charge in [-0.3, -0.25) is 9.67 Å². The zero-order chi connectivity index (χ0) is 13.7. The van der Waals surface area contributed by atoms with Gasteiger partial charge in [-0.05, 0) is 38.4 Å². The predicted molar refractivity (Wildman–Crippen MR) is 77.3 cm³/mol. The molecule has 2 aromatic heterocycles. The van der Waals surface area contributed by atoms with Crippen LogP contribution in [0.15, 0.2) is 24.5 Å². The molecule has 2 heterocycles. The average molecular weight is 279 g/mol. The van der Waals surface area contributed by atoms with E-state index in [1.807, 2.05) is 23.9 Å². The Morgan fingerprint density at radius 3 is 2.95 bits per heavy atom. The van der Waals surface area contributed by atoms with Crippen LogP contribution in [0.25, 0.3) is 0 Å². The lowest BCUT2D eigenvalue weighted by atomic mass is 10.2. The van der Waals surface area contributed by atoms with E-state index in [1.54, 1.807) is 6.20 Å². The zero-order valence-electron chi connectivity index (χ0n) is 11.4. The van der Waals surface area contributed by atoms with Crippen molar-refractivity contribution in [3.8, 4) is 0 Å². The first-order valence-electron chi connectivity index (χ1n) is 6.53. The van der Waals surface area contributed by atoms with Crippen LogP contribution in [0, 0.1) is 6.92 Å². The van der Waals surface area contributed by atoms with E-state index in [0.29, 0.717) is 0 Å². The first-order valence-corrected chi connectivity index (χ1v) is 6.91. The van der Waals surface area contributed by atoms with Gasteiger partial charge in [-0.2, -0.15) is 5.10 Å². The number of pyridine rings is 1. The fourth-order valence-electron chi connectivity index (χ4n) is 2.02. The molecule has 0 saturated heterocycles. The minimum atomic E-state index is 0.744. The molecule has 2 aromatic rings. The molecule has 19 heavy (non-hydrogen) atoms. The van der Waals surface area contributed by atoms with Gasteiger partial charge < -0.3 is 5.32 Å². The Kier molecular flexibility index (Phi) is 4.93. The van der Waals surface area contributed by atoms with Crippen molar-refractivity contribution in [2.75, 3.05) is 6.54 Å². The Labute approximate surface area is 118 Å². The highest BCUT2D eigenvalue weighted by Gasteiger charge is 2.11. The molecule has 0 spiro atoms. The van der Waals surface area contributed by atoms with Gasteiger partial charge >= 0.3 is 0 Å². The number of aryl methyl sites for hydroxylation is 2. The Morgan fingerprint density at radius 2 is 2.26 bits per heavy atom. The highest BCUT2D eigenvalue weighted by molar-refractivity contribution is 6.31. The third-order valence-electron chi connectivity index (χ3n) is 3.06. The summed E-state index contributed by atoms with van der Waals surface area (Å²) in [6.07, 6.45) is 4.65. The van der Waals surface area contributed by atoms with Gasteiger partial charge in [0.1, 0.15) is 0 Å². The van der Waals surface area contributed by atoms with Gasteiger partial charge in [0, 0.05) is 25.5 Å². The molecular formula is C14H19ClN4. The maximum Gasteiger partial charge on any atom is 0.0860 e. The summed E-state index contributed by atoms with van der Waals surface area (Å²) in [6.45, 7) is 6.49. The van der Waals surface area contributed by atoms with E-state index in [-0.39, 0.29) is 0 Å². The van der Waals surface area contributed by atoms with Crippen LogP contribution in [0.5, 0.6) is 0 Å². The lowest BCUT2D eigenvalue weighted by Gasteiger charge is -2.07. The van der Waals surface area contributed by atoms with Crippen LogP contribution in [0.1, 0.15) is 23.9 Å². The lowest BCUT2D eigenvalue weighted by Crippen LogP contribution is -2.19. The fraction of sp³-hybridized carbons (Fsp3) is 0.429. The maximum atomic E-state index is 6.26. The summed E-state index contributed by atoms with van der Waals surface area (Å²) in [7, 11) is 0. The molecule has 0 aliphatic carbocycles. The fourth-order valence-corrected chi connectivity index (χ4v) is 2.23. The first-order chi connectivity index (χ1) is 9.22. The second-order valence-electron chi connectivity index (χ2n) is 4.45. The summed E-state index contributed by atoms with van der Waals surface area (Å²) < 4.78 is 1.95. The van der Waals surface area contributed by atoms with Gasteiger partial charge in [0.15, 0.2) is 0 Å². The van der Waals surface area contributed by atoms with Crippen molar-refractivity contribution in [1.82, 2.24) is 20.1 Å². The van der Waals surface area contributed by atoms with Crippen LogP contribution >= 0.6 is 11.6 Å². The molecule has 0 aliphatic rings. The number of nitrogens with zero attached hydrogens (tertiary/aromatic N) is 3. The molecule has 0 saturated carbocycles. The molecule has 5 heteroatoms. The van der Waals surface area contributed by atoms with E-state index in [9.17, 15) is 0 Å². The number of hydrogen-bond donors (Lipinski definition) is 1. The molecule has 1 N–H and O–H groups in total. The lowest BCUT2D eigenvalue weighted by molar-refractivity contribution is 0.580. The molecule has 0 aliphatic heterocycles. The SMILES string of the molecule is CCn1nc(C)c(Cl)c1CNCCc1cccnc1. The molecule has 102 valence electrons. The number of nitrogens with one attached hydrogen (secondary N) is 1. The molecule has 0 radical (unpaired) electrons. The van der Waals surface area contributed by atoms with E-state index < -0.39 is 0 Å². The second kappa shape index (κ2) is 6.68. The smallest absolute Gasteiger partial charge is 0.0860 e. The number of hydrogen-bond acceptors (Lipinski definition) is 3. The summed E-state index contributed by atoms with van der Waals surface area (Å²) in [6, 6.07) is 4.05. The van der Waals surface area contributed by atoms with Gasteiger partial charge in [-0.15, -0.1) is 0 Å². The molecule has 4 nitrogen and oxygen atoms in total. The molecule has 0 unspecified atom stereocenters. The monoisotopic (exact) mass is 278 g/mol. The van der Waals surface area contributed by atoms with Crippen LogP contribution in [0.4, 0.5) is 0 Å². The minimum Gasteiger partial charge on any atom is -0.311 e. The summed E-state index contributed by atoms with van der Waals surface area (Å²) >= 11 is 6.26.